The van der Waals surface area contributed by atoms with E-state index in [0.717, 1.165) is 9.80 Å². The summed E-state index contributed by atoms with van der Waals surface area (Å²) in [5.41, 5.74) is 18.7. The number of ether oxygens (including phenoxy) is 1. The monoisotopic (exact) mass is 542 g/mol. The molecule has 0 spiro atoms. The number of carbonyl (C=O) groups excluding carboxylic acids is 4. The minimum atomic E-state index is -0.600. The van der Waals surface area contributed by atoms with Gasteiger partial charge >= 0.3 is 0 Å². The number of azide groups is 2. The second kappa shape index (κ2) is 9.71. The Hall–Kier alpha value is -6.42. The molecule has 13 nitrogen and oxygen atoms in total. The van der Waals surface area contributed by atoms with Gasteiger partial charge in [-0.3, -0.25) is 19.2 Å². The number of hydrogen-bond acceptors (Lipinski definition) is 7. The lowest BCUT2D eigenvalue weighted by molar-refractivity contribution is 0.0910. The van der Waals surface area contributed by atoms with Gasteiger partial charge < -0.3 is 4.74 Å². The Morgan fingerprint density at radius 2 is 0.927 bits per heavy atom. The quantitative estimate of drug-likeness (QED) is 0.110. The summed E-state index contributed by atoms with van der Waals surface area (Å²) in [5.74, 6) is -1.48. The molecule has 0 saturated heterocycles. The topological polar surface area (TPSA) is 182 Å². The van der Waals surface area contributed by atoms with E-state index in [1.54, 1.807) is 48.5 Å². The number of imide groups is 2. The second-order valence-corrected chi connectivity index (χ2v) is 8.76. The van der Waals surface area contributed by atoms with Crippen LogP contribution >= 0.6 is 0 Å². The van der Waals surface area contributed by atoms with Gasteiger partial charge in [-0.05, 0) is 71.7 Å². The average molecular weight is 542 g/mol. The van der Waals surface area contributed by atoms with E-state index in [-0.39, 0.29) is 33.6 Å². The second-order valence-electron chi connectivity index (χ2n) is 8.76. The predicted molar refractivity (Wildman–Crippen MR) is 146 cm³/mol. The first-order chi connectivity index (χ1) is 19.9. The molecular formula is C28H14N8O5. The number of amides is 4. The number of rotatable bonds is 6. The van der Waals surface area contributed by atoms with Crippen LogP contribution < -0.4 is 14.5 Å². The third-order valence-electron chi connectivity index (χ3n) is 6.52. The zero-order chi connectivity index (χ0) is 28.7. The maximum absolute atomic E-state index is 13.0. The van der Waals surface area contributed by atoms with Crippen LogP contribution in [0.25, 0.3) is 20.9 Å². The Bertz CT molecular complexity index is 1770. The standard InChI is InChI=1S/C28H14N8O5/c29-33-31-21-5-1-3-19-23(21)27(39)35(25(19)37)15-7-11-17(12-8-15)41-18-13-9-16(10-14-18)36-26(38)20-4-2-6-22(32-34-30)24(20)28(36)40/h1-14H. The van der Waals surface area contributed by atoms with Crippen LogP contribution in [0.4, 0.5) is 22.7 Å². The highest BCUT2D eigenvalue weighted by Gasteiger charge is 2.39. The predicted octanol–water partition coefficient (Wildman–Crippen LogP) is 6.96. The van der Waals surface area contributed by atoms with Gasteiger partial charge in [-0.25, -0.2) is 9.80 Å². The molecule has 0 saturated carbocycles. The molecule has 13 heteroatoms. The van der Waals surface area contributed by atoms with E-state index in [2.05, 4.69) is 20.1 Å². The molecule has 0 N–H and O–H groups in total. The molecule has 0 atom stereocenters. The maximum atomic E-state index is 13.0. The largest absolute Gasteiger partial charge is 0.457 e. The van der Waals surface area contributed by atoms with Gasteiger partial charge in [0.05, 0.1) is 45.0 Å². The molecule has 0 bridgehead atoms. The Balaban J connectivity index is 1.19. The Labute approximate surface area is 230 Å². The molecule has 4 aromatic rings. The van der Waals surface area contributed by atoms with Gasteiger partial charge in [0, 0.05) is 9.82 Å². The molecule has 0 fully saturated rings. The van der Waals surface area contributed by atoms with Crippen LogP contribution in [0.1, 0.15) is 41.4 Å². The fourth-order valence-corrected chi connectivity index (χ4v) is 4.73. The number of fused-ring (bicyclic) bond motifs is 2. The van der Waals surface area contributed by atoms with E-state index < -0.39 is 23.6 Å². The van der Waals surface area contributed by atoms with Gasteiger partial charge in [-0.15, -0.1) is 0 Å². The highest BCUT2D eigenvalue weighted by molar-refractivity contribution is 6.36. The first-order valence-corrected chi connectivity index (χ1v) is 11.9. The third kappa shape index (κ3) is 3.99. The Morgan fingerprint density at radius 1 is 0.537 bits per heavy atom. The molecule has 4 aromatic carbocycles. The van der Waals surface area contributed by atoms with E-state index in [4.69, 9.17) is 15.8 Å². The summed E-state index contributed by atoms with van der Waals surface area (Å²) in [6.07, 6.45) is 0. The van der Waals surface area contributed by atoms with Crippen LogP contribution in [-0.4, -0.2) is 23.6 Å². The summed E-state index contributed by atoms with van der Waals surface area (Å²) >= 11 is 0. The van der Waals surface area contributed by atoms with E-state index in [1.807, 2.05) is 0 Å². The molecule has 0 aromatic heterocycles. The van der Waals surface area contributed by atoms with Crippen molar-refractivity contribution in [2.24, 2.45) is 10.2 Å². The average Bonchev–Trinajstić information content (AvgIpc) is 3.39. The number of nitrogens with zero attached hydrogens (tertiary/aromatic N) is 8. The van der Waals surface area contributed by atoms with Gasteiger partial charge in [-0.2, -0.15) is 0 Å². The molecule has 2 aliphatic heterocycles. The zero-order valence-electron chi connectivity index (χ0n) is 20.7. The summed E-state index contributed by atoms with van der Waals surface area (Å²) in [7, 11) is 0. The van der Waals surface area contributed by atoms with Crippen molar-refractivity contribution in [2.45, 2.75) is 0 Å². The van der Waals surface area contributed by atoms with Crippen molar-refractivity contribution in [2.75, 3.05) is 9.80 Å². The number of carbonyl (C=O) groups is 4. The van der Waals surface area contributed by atoms with Gasteiger partial charge in [0.2, 0.25) is 0 Å². The molecule has 0 radical (unpaired) electrons. The first-order valence-electron chi connectivity index (χ1n) is 11.9. The summed E-state index contributed by atoms with van der Waals surface area (Å²) < 4.78 is 5.86. The minimum Gasteiger partial charge on any atom is -0.457 e. The molecule has 6 rings (SSSR count). The minimum absolute atomic E-state index is 0.0443. The smallest absolute Gasteiger partial charge is 0.266 e. The fraction of sp³-hybridized carbons (Fsp3) is 0. The van der Waals surface area contributed by atoms with Gasteiger partial charge in [0.15, 0.2) is 0 Å². The lowest BCUT2D eigenvalue weighted by Crippen LogP contribution is -2.29. The van der Waals surface area contributed by atoms with E-state index in [0.29, 0.717) is 22.9 Å². The molecule has 0 aliphatic carbocycles. The van der Waals surface area contributed by atoms with Crippen molar-refractivity contribution >= 4 is 46.4 Å². The Kier molecular flexibility index (Phi) is 5.90. The summed E-state index contributed by atoms with van der Waals surface area (Å²) in [6, 6.07) is 21.4. The molecule has 41 heavy (non-hydrogen) atoms. The van der Waals surface area contributed by atoms with Crippen molar-refractivity contribution < 1.29 is 23.9 Å². The van der Waals surface area contributed by atoms with E-state index in [9.17, 15) is 19.2 Å². The normalized spacial score (nSPS) is 13.5. The molecule has 2 heterocycles. The van der Waals surface area contributed by atoms with Crippen LogP contribution in [0.5, 0.6) is 11.5 Å². The third-order valence-corrected chi connectivity index (χ3v) is 6.52. The maximum Gasteiger partial charge on any atom is 0.266 e. The highest BCUT2D eigenvalue weighted by Crippen LogP contribution is 2.37. The van der Waals surface area contributed by atoms with Gasteiger partial charge in [0.25, 0.3) is 23.6 Å². The van der Waals surface area contributed by atoms with Crippen molar-refractivity contribution in [3.63, 3.8) is 0 Å². The van der Waals surface area contributed by atoms with Crippen molar-refractivity contribution in [1.29, 1.82) is 0 Å². The van der Waals surface area contributed by atoms with Crippen LogP contribution in [0.3, 0.4) is 0 Å². The lowest BCUT2D eigenvalue weighted by Gasteiger charge is -2.16. The summed E-state index contributed by atoms with van der Waals surface area (Å²) in [5, 5.41) is 7.03. The molecule has 4 amide bonds. The lowest BCUT2D eigenvalue weighted by atomic mass is 10.1. The van der Waals surface area contributed by atoms with Crippen LogP contribution in [0, 0.1) is 0 Å². The highest BCUT2D eigenvalue weighted by atomic mass is 16.5. The van der Waals surface area contributed by atoms with Crippen molar-refractivity contribution in [1.82, 2.24) is 0 Å². The zero-order valence-corrected chi connectivity index (χ0v) is 20.7. The summed E-state index contributed by atoms with van der Waals surface area (Å²) in [6.45, 7) is 0. The number of benzene rings is 4. The molecule has 196 valence electrons. The Morgan fingerprint density at radius 3 is 1.29 bits per heavy atom. The van der Waals surface area contributed by atoms with Crippen LogP contribution in [0.2, 0.25) is 0 Å². The van der Waals surface area contributed by atoms with Crippen LogP contribution in [0.15, 0.2) is 95.2 Å². The van der Waals surface area contributed by atoms with Gasteiger partial charge in [0.1, 0.15) is 11.5 Å². The molecule has 0 unspecified atom stereocenters. The fourth-order valence-electron chi connectivity index (χ4n) is 4.73. The SMILES string of the molecule is [N-]=[N+]=Nc1cccc2c1C(=O)N(c1ccc(Oc3ccc(N4C(=O)c5cccc(N=[N+]=[N-])c5C4=O)cc3)cc1)C2=O. The van der Waals surface area contributed by atoms with Crippen LogP contribution in [-0.2, 0) is 0 Å². The number of anilines is 2. The first kappa shape index (κ1) is 24.9. The van der Waals surface area contributed by atoms with Crippen molar-refractivity contribution in [3.05, 3.63) is 128 Å². The number of hydrogen-bond donors (Lipinski definition) is 0. The molecular weight excluding hydrogens is 528 g/mol. The summed E-state index contributed by atoms with van der Waals surface area (Å²) in [4.78, 5) is 59.3. The van der Waals surface area contributed by atoms with Gasteiger partial charge in [-0.1, -0.05) is 34.5 Å². The van der Waals surface area contributed by atoms with E-state index >= 15 is 0 Å². The van der Waals surface area contributed by atoms with E-state index in [1.165, 1.54) is 36.4 Å². The van der Waals surface area contributed by atoms with Crippen molar-refractivity contribution in [3.8, 4) is 11.5 Å². The molecule has 2 aliphatic rings.